The molecule has 2 rings (SSSR count). The monoisotopic (exact) mass is 188 g/mol. The number of hydrogen-bond acceptors (Lipinski definition) is 1. The van der Waals surface area contributed by atoms with E-state index >= 15 is 0 Å². The third-order valence-corrected chi connectivity index (χ3v) is 2.48. The Morgan fingerprint density at radius 1 is 1.21 bits per heavy atom. The third-order valence-electron chi connectivity index (χ3n) is 2.48. The molecule has 0 saturated heterocycles. The number of pyridine rings is 1. The fraction of sp³-hybridized carbons (Fsp3) is 0.417. The van der Waals surface area contributed by atoms with Crippen molar-refractivity contribution in [2.45, 2.75) is 33.1 Å². The maximum Gasteiger partial charge on any atom is 0.137 e. The Kier molecular flexibility index (Phi) is 1.88. The van der Waals surface area contributed by atoms with Crippen molar-refractivity contribution in [2.75, 3.05) is 0 Å². The van der Waals surface area contributed by atoms with Crippen LogP contribution in [0.2, 0.25) is 0 Å². The Labute approximate surface area is 84.6 Å². The van der Waals surface area contributed by atoms with Crippen LogP contribution in [0.15, 0.2) is 24.4 Å². The van der Waals surface area contributed by atoms with Crippen molar-refractivity contribution in [3.8, 4) is 0 Å². The van der Waals surface area contributed by atoms with Crippen molar-refractivity contribution in [1.82, 2.24) is 9.38 Å². The first-order valence-corrected chi connectivity index (χ1v) is 4.94. The highest BCUT2D eigenvalue weighted by Crippen LogP contribution is 2.25. The van der Waals surface area contributed by atoms with Crippen molar-refractivity contribution < 1.29 is 0 Å². The molecule has 0 aliphatic rings. The molecule has 14 heavy (non-hydrogen) atoms. The number of rotatable bonds is 0. The minimum absolute atomic E-state index is 0.121. The Morgan fingerprint density at radius 2 is 1.93 bits per heavy atom. The van der Waals surface area contributed by atoms with E-state index in [-0.39, 0.29) is 5.41 Å². The molecule has 0 spiro atoms. The first-order chi connectivity index (χ1) is 6.50. The number of fused-ring (bicyclic) bond motifs is 1. The molecule has 0 amide bonds. The van der Waals surface area contributed by atoms with E-state index in [9.17, 15) is 0 Å². The molecule has 0 aromatic carbocycles. The summed E-state index contributed by atoms with van der Waals surface area (Å²) >= 11 is 0. The molecule has 0 unspecified atom stereocenters. The highest BCUT2D eigenvalue weighted by molar-refractivity contribution is 5.44. The van der Waals surface area contributed by atoms with Crippen molar-refractivity contribution >= 4 is 5.65 Å². The van der Waals surface area contributed by atoms with Gasteiger partial charge in [0.1, 0.15) is 5.65 Å². The van der Waals surface area contributed by atoms with Crippen LogP contribution in [0, 0.1) is 6.92 Å². The van der Waals surface area contributed by atoms with Crippen LogP contribution in [-0.4, -0.2) is 9.38 Å². The van der Waals surface area contributed by atoms with Gasteiger partial charge in [0.2, 0.25) is 0 Å². The molecule has 0 radical (unpaired) electrons. The standard InChI is InChI=1S/C12H16N2/c1-9-11(12(2,3)4)13-10-7-5-6-8-14(9)10/h5-8H,1-4H3. The van der Waals surface area contributed by atoms with Gasteiger partial charge in [0.05, 0.1) is 5.69 Å². The Bertz CT molecular complexity index is 461. The quantitative estimate of drug-likeness (QED) is 0.621. The topological polar surface area (TPSA) is 17.3 Å². The van der Waals surface area contributed by atoms with E-state index in [0.29, 0.717) is 0 Å². The minimum atomic E-state index is 0.121. The van der Waals surface area contributed by atoms with Crippen molar-refractivity contribution in [2.24, 2.45) is 0 Å². The van der Waals surface area contributed by atoms with Crippen LogP contribution < -0.4 is 0 Å². The molecule has 2 heteroatoms. The summed E-state index contributed by atoms with van der Waals surface area (Å²) in [7, 11) is 0. The first-order valence-electron chi connectivity index (χ1n) is 4.94. The van der Waals surface area contributed by atoms with Crippen molar-refractivity contribution in [3.63, 3.8) is 0 Å². The number of imidazole rings is 1. The lowest BCUT2D eigenvalue weighted by Crippen LogP contribution is -2.13. The van der Waals surface area contributed by atoms with E-state index in [1.54, 1.807) is 0 Å². The summed E-state index contributed by atoms with van der Waals surface area (Å²) in [5.74, 6) is 0. The molecule has 74 valence electrons. The SMILES string of the molecule is Cc1c(C(C)(C)C)nc2ccccn12. The van der Waals surface area contributed by atoms with Gasteiger partial charge in [-0.2, -0.15) is 0 Å². The number of hydrogen-bond donors (Lipinski definition) is 0. The van der Waals surface area contributed by atoms with Gasteiger partial charge in [0, 0.05) is 17.3 Å². The second-order valence-electron chi connectivity index (χ2n) is 4.72. The average molecular weight is 188 g/mol. The van der Waals surface area contributed by atoms with Crippen molar-refractivity contribution in [1.29, 1.82) is 0 Å². The van der Waals surface area contributed by atoms with Gasteiger partial charge in [-0.05, 0) is 19.1 Å². The van der Waals surface area contributed by atoms with Crippen LogP contribution in [0.1, 0.15) is 32.2 Å². The molecule has 2 nitrogen and oxygen atoms in total. The second kappa shape index (κ2) is 2.84. The second-order valence-corrected chi connectivity index (χ2v) is 4.72. The lowest BCUT2D eigenvalue weighted by molar-refractivity contribution is 0.568. The highest BCUT2D eigenvalue weighted by Gasteiger charge is 2.20. The molecule has 0 saturated carbocycles. The first kappa shape index (κ1) is 9.25. The van der Waals surface area contributed by atoms with E-state index in [1.165, 1.54) is 11.4 Å². The van der Waals surface area contributed by atoms with Gasteiger partial charge in [0.25, 0.3) is 0 Å². The molecule has 2 aromatic heterocycles. The maximum absolute atomic E-state index is 4.65. The zero-order chi connectivity index (χ0) is 10.3. The Balaban J connectivity index is 2.75. The number of nitrogens with zero attached hydrogens (tertiary/aromatic N) is 2. The summed E-state index contributed by atoms with van der Waals surface area (Å²) in [6, 6.07) is 6.10. The minimum Gasteiger partial charge on any atom is -0.304 e. The predicted molar refractivity (Wildman–Crippen MR) is 58.6 cm³/mol. The lowest BCUT2D eigenvalue weighted by atomic mass is 9.91. The smallest absolute Gasteiger partial charge is 0.137 e. The molecule has 2 heterocycles. The Hall–Kier alpha value is -1.31. The predicted octanol–water partition coefficient (Wildman–Crippen LogP) is 2.94. The van der Waals surface area contributed by atoms with Gasteiger partial charge in [-0.15, -0.1) is 0 Å². The average Bonchev–Trinajstić information content (AvgIpc) is 2.44. The molecule has 0 fully saturated rings. The molecule has 0 aliphatic carbocycles. The van der Waals surface area contributed by atoms with E-state index in [2.05, 4.69) is 43.3 Å². The van der Waals surface area contributed by atoms with E-state index in [1.807, 2.05) is 18.2 Å². The molecule has 0 N–H and O–H groups in total. The van der Waals surface area contributed by atoms with Crippen LogP contribution in [-0.2, 0) is 5.41 Å². The summed E-state index contributed by atoms with van der Waals surface area (Å²) in [4.78, 5) is 4.65. The van der Waals surface area contributed by atoms with Gasteiger partial charge < -0.3 is 4.40 Å². The van der Waals surface area contributed by atoms with Crippen LogP contribution >= 0.6 is 0 Å². The van der Waals surface area contributed by atoms with Gasteiger partial charge in [-0.25, -0.2) is 4.98 Å². The zero-order valence-corrected chi connectivity index (χ0v) is 9.20. The number of aryl methyl sites for hydroxylation is 1. The third kappa shape index (κ3) is 1.31. The zero-order valence-electron chi connectivity index (χ0n) is 9.20. The number of aromatic nitrogens is 2. The summed E-state index contributed by atoms with van der Waals surface area (Å²) in [5, 5.41) is 0. The summed E-state index contributed by atoms with van der Waals surface area (Å²) < 4.78 is 2.14. The fourth-order valence-corrected chi connectivity index (χ4v) is 1.83. The summed E-state index contributed by atoms with van der Waals surface area (Å²) in [6.07, 6.45) is 2.06. The van der Waals surface area contributed by atoms with E-state index in [4.69, 9.17) is 0 Å². The molecular formula is C12H16N2. The van der Waals surface area contributed by atoms with E-state index < -0.39 is 0 Å². The van der Waals surface area contributed by atoms with Crippen LogP contribution in [0.3, 0.4) is 0 Å². The maximum atomic E-state index is 4.65. The van der Waals surface area contributed by atoms with Crippen molar-refractivity contribution in [3.05, 3.63) is 35.8 Å². The molecule has 0 aliphatic heterocycles. The summed E-state index contributed by atoms with van der Waals surface area (Å²) in [6.45, 7) is 8.71. The van der Waals surface area contributed by atoms with Crippen LogP contribution in [0.25, 0.3) is 5.65 Å². The molecule has 0 atom stereocenters. The fourth-order valence-electron chi connectivity index (χ4n) is 1.83. The molecule has 2 aromatic rings. The van der Waals surface area contributed by atoms with E-state index in [0.717, 1.165) is 5.65 Å². The van der Waals surface area contributed by atoms with Gasteiger partial charge in [-0.3, -0.25) is 0 Å². The molecule has 0 bridgehead atoms. The van der Waals surface area contributed by atoms with Gasteiger partial charge in [0.15, 0.2) is 0 Å². The summed E-state index contributed by atoms with van der Waals surface area (Å²) in [5.41, 5.74) is 3.59. The Morgan fingerprint density at radius 3 is 2.50 bits per heavy atom. The normalized spacial score (nSPS) is 12.3. The van der Waals surface area contributed by atoms with Crippen LogP contribution in [0.5, 0.6) is 0 Å². The van der Waals surface area contributed by atoms with Gasteiger partial charge >= 0.3 is 0 Å². The lowest BCUT2D eigenvalue weighted by Gasteiger charge is -2.16. The largest absolute Gasteiger partial charge is 0.304 e. The van der Waals surface area contributed by atoms with Gasteiger partial charge in [-0.1, -0.05) is 26.8 Å². The van der Waals surface area contributed by atoms with Crippen LogP contribution in [0.4, 0.5) is 0 Å². The highest BCUT2D eigenvalue weighted by atomic mass is 15.0. The molecular weight excluding hydrogens is 172 g/mol.